The Morgan fingerprint density at radius 3 is 2.51 bits per heavy atom. The van der Waals surface area contributed by atoms with Crippen LogP contribution in [0.1, 0.15) is 50.1 Å². The number of nitrogens with one attached hydrogen (secondary N) is 1. The molecule has 12 heteroatoms. The van der Waals surface area contributed by atoms with Gasteiger partial charge in [-0.25, -0.2) is 18.2 Å². The lowest BCUT2D eigenvalue weighted by molar-refractivity contribution is -0.128. The second-order valence-corrected chi connectivity index (χ2v) is 10.5. The molecule has 2 aliphatic rings. The first-order chi connectivity index (χ1) is 19.6. The summed E-state index contributed by atoms with van der Waals surface area (Å²) in [5, 5.41) is 2.99. The molecule has 214 valence electrons. The van der Waals surface area contributed by atoms with Crippen LogP contribution in [-0.2, 0) is 14.4 Å². The molecule has 1 unspecified atom stereocenters. The standard InChI is InChI=1S/C29H27ClF3N5O3/c30-22-7-2-1-6-21(22)26(27(40)36-19-10-12-29(32,33)13-11-19)37(20-5-3-4-18(31)16-20)28(41)23-8-9-25(39)38(23)24-17-34-14-15-35-24/h1-7,14-17,19,23,26H,8-13H2,(H,36,40)/t23-,26?/m0/s1. The van der Waals surface area contributed by atoms with E-state index in [1.54, 1.807) is 24.3 Å². The van der Waals surface area contributed by atoms with E-state index in [0.29, 0.717) is 0 Å². The predicted octanol–water partition coefficient (Wildman–Crippen LogP) is 5.23. The number of nitrogens with zero attached hydrogens (tertiary/aromatic N) is 4. The molecule has 1 aliphatic carbocycles. The van der Waals surface area contributed by atoms with Crippen LogP contribution >= 0.6 is 11.6 Å². The number of benzene rings is 2. The van der Waals surface area contributed by atoms with Crippen LogP contribution < -0.4 is 15.1 Å². The monoisotopic (exact) mass is 585 g/mol. The number of aromatic nitrogens is 2. The highest BCUT2D eigenvalue weighted by atomic mass is 35.5. The van der Waals surface area contributed by atoms with Crippen LogP contribution in [0.4, 0.5) is 24.7 Å². The molecule has 0 bridgehead atoms. The van der Waals surface area contributed by atoms with E-state index in [2.05, 4.69) is 15.3 Å². The highest BCUT2D eigenvalue weighted by Crippen LogP contribution is 2.37. The number of halogens is 4. The quantitative estimate of drug-likeness (QED) is 0.410. The minimum Gasteiger partial charge on any atom is -0.351 e. The molecule has 41 heavy (non-hydrogen) atoms. The van der Waals surface area contributed by atoms with E-state index in [4.69, 9.17) is 11.6 Å². The van der Waals surface area contributed by atoms with Gasteiger partial charge >= 0.3 is 0 Å². The molecule has 1 aliphatic heterocycles. The Kier molecular flexibility index (Phi) is 8.25. The van der Waals surface area contributed by atoms with Crippen molar-refractivity contribution < 1.29 is 27.6 Å². The van der Waals surface area contributed by atoms with Crippen molar-refractivity contribution in [1.82, 2.24) is 15.3 Å². The second kappa shape index (κ2) is 11.9. The molecular formula is C29H27ClF3N5O3. The van der Waals surface area contributed by atoms with E-state index in [1.165, 1.54) is 41.7 Å². The molecule has 2 atom stereocenters. The number of carbonyl (C=O) groups excluding carboxylic acids is 3. The van der Waals surface area contributed by atoms with Gasteiger partial charge in [0.25, 0.3) is 5.91 Å². The number of amides is 3. The maximum atomic E-state index is 14.5. The molecule has 3 aromatic rings. The summed E-state index contributed by atoms with van der Waals surface area (Å²) in [5.41, 5.74) is 0.310. The predicted molar refractivity (Wildman–Crippen MR) is 146 cm³/mol. The van der Waals surface area contributed by atoms with Crippen molar-refractivity contribution in [3.05, 3.63) is 83.5 Å². The van der Waals surface area contributed by atoms with Crippen LogP contribution in [0.3, 0.4) is 0 Å². The zero-order chi connectivity index (χ0) is 29.1. The zero-order valence-electron chi connectivity index (χ0n) is 21.9. The van der Waals surface area contributed by atoms with Crippen LogP contribution in [0, 0.1) is 5.82 Å². The third-order valence-electron chi connectivity index (χ3n) is 7.39. The van der Waals surface area contributed by atoms with Crippen molar-refractivity contribution in [3.8, 4) is 0 Å². The minimum atomic E-state index is -2.80. The first kappa shape index (κ1) is 28.5. The summed E-state index contributed by atoms with van der Waals surface area (Å²) in [6.45, 7) is 0. The van der Waals surface area contributed by atoms with Gasteiger partial charge in [0.15, 0.2) is 5.82 Å². The lowest BCUT2D eigenvalue weighted by atomic mass is 9.91. The van der Waals surface area contributed by atoms with E-state index in [9.17, 15) is 27.6 Å². The fraction of sp³-hybridized carbons (Fsp3) is 0.345. The van der Waals surface area contributed by atoms with Crippen molar-refractivity contribution >= 4 is 40.8 Å². The Hall–Kier alpha value is -3.99. The maximum absolute atomic E-state index is 14.5. The first-order valence-corrected chi connectivity index (χ1v) is 13.6. The summed E-state index contributed by atoms with van der Waals surface area (Å²) < 4.78 is 42.2. The molecule has 1 N–H and O–H groups in total. The lowest BCUT2D eigenvalue weighted by Crippen LogP contribution is -2.53. The molecule has 5 rings (SSSR count). The number of hydrogen-bond acceptors (Lipinski definition) is 5. The van der Waals surface area contributed by atoms with E-state index >= 15 is 0 Å². The van der Waals surface area contributed by atoms with Crippen molar-refractivity contribution in [3.63, 3.8) is 0 Å². The van der Waals surface area contributed by atoms with Gasteiger partial charge in [0.1, 0.15) is 17.9 Å². The zero-order valence-corrected chi connectivity index (χ0v) is 22.6. The number of rotatable bonds is 7. The summed E-state index contributed by atoms with van der Waals surface area (Å²) in [5.74, 6) is -4.98. The first-order valence-electron chi connectivity index (χ1n) is 13.2. The van der Waals surface area contributed by atoms with Crippen LogP contribution in [0.25, 0.3) is 0 Å². The fourth-order valence-corrected chi connectivity index (χ4v) is 5.61. The summed E-state index contributed by atoms with van der Waals surface area (Å²) >= 11 is 6.54. The van der Waals surface area contributed by atoms with Crippen LogP contribution in [0.2, 0.25) is 5.02 Å². The molecule has 3 amide bonds. The lowest BCUT2D eigenvalue weighted by Gasteiger charge is -2.37. The SMILES string of the molecule is O=C(NC1CCC(F)(F)CC1)C(c1ccccc1Cl)N(C(=O)[C@@H]1CCC(=O)N1c1cnccn1)c1cccc(F)c1. The Morgan fingerprint density at radius 2 is 1.83 bits per heavy atom. The van der Waals surface area contributed by atoms with E-state index in [0.717, 1.165) is 11.0 Å². The van der Waals surface area contributed by atoms with Crippen molar-refractivity contribution in [2.24, 2.45) is 0 Å². The summed E-state index contributed by atoms with van der Waals surface area (Å²) in [4.78, 5) is 51.9. The Balaban J connectivity index is 1.58. The normalized spacial score (nSPS) is 19.6. The molecule has 2 aromatic carbocycles. The van der Waals surface area contributed by atoms with Crippen molar-refractivity contribution in [2.75, 3.05) is 9.80 Å². The molecule has 0 radical (unpaired) electrons. The Bertz CT molecular complexity index is 1430. The maximum Gasteiger partial charge on any atom is 0.251 e. The smallest absolute Gasteiger partial charge is 0.251 e. The van der Waals surface area contributed by atoms with Gasteiger partial charge in [-0.2, -0.15) is 0 Å². The Morgan fingerprint density at radius 1 is 1.07 bits per heavy atom. The number of hydrogen-bond donors (Lipinski definition) is 1. The van der Waals surface area contributed by atoms with Gasteiger partial charge in [0.2, 0.25) is 17.7 Å². The van der Waals surface area contributed by atoms with Gasteiger partial charge in [0.05, 0.1) is 6.20 Å². The van der Waals surface area contributed by atoms with Gasteiger partial charge in [-0.1, -0.05) is 35.9 Å². The molecule has 1 saturated heterocycles. The topological polar surface area (TPSA) is 95.5 Å². The molecule has 1 saturated carbocycles. The second-order valence-electron chi connectivity index (χ2n) is 10.1. The number of carbonyl (C=O) groups is 3. The summed E-state index contributed by atoms with van der Waals surface area (Å²) in [6.07, 6.45) is 3.69. The molecule has 2 fully saturated rings. The third-order valence-corrected chi connectivity index (χ3v) is 7.73. The molecule has 2 heterocycles. The van der Waals surface area contributed by atoms with Gasteiger partial charge in [0, 0.05) is 54.0 Å². The van der Waals surface area contributed by atoms with Crippen molar-refractivity contribution in [1.29, 1.82) is 0 Å². The summed E-state index contributed by atoms with van der Waals surface area (Å²) in [7, 11) is 0. The number of anilines is 2. The highest BCUT2D eigenvalue weighted by Gasteiger charge is 2.45. The number of alkyl halides is 2. The fourth-order valence-electron chi connectivity index (χ4n) is 5.37. The van der Waals surface area contributed by atoms with Crippen LogP contribution in [0.5, 0.6) is 0 Å². The summed E-state index contributed by atoms with van der Waals surface area (Å²) in [6, 6.07) is 8.57. The van der Waals surface area contributed by atoms with Crippen molar-refractivity contribution in [2.45, 2.75) is 62.6 Å². The molecule has 8 nitrogen and oxygen atoms in total. The van der Waals surface area contributed by atoms with E-state index < -0.39 is 41.7 Å². The average molecular weight is 586 g/mol. The van der Waals surface area contributed by atoms with E-state index in [1.807, 2.05) is 0 Å². The molecule has 0 spiro atoms. The molecular weight excluding hydrogens is 559 g/mol. The van der Waals surface area contributed by atoms with Crippen LogP contribution in [-0.4, -0.2) is 45.7 Å². The van der Waals surface area contributed by atoms with Gasteiger partial charge < -0.3 is 5.32 Å². The van der Waals surface area contributed by atoms with Gasteiger partial charge in [-0.15, -0.1) is 0 Å². The largest absolute Gasteiger partial charge is 0.351 e. The van der Waals surface area contributed by atoms with Crippen LogP contribution in [0.15, 0.2) is 67.1 Å². The molecule has 1 aromatic heterocycles. The minimum absolute atomic E-state index is 0.0449. The van der Waals surface area contributed by atoms with Gasteiger partial charge in [-0.3, -0.25) is 29.2 Å². The Labute approximate surface area is 239 Å². The average Bonchev–Trinajstić information content (AvgIpc) is 3.34. The van der Waals surface area contributed by atoms with Gasteiger partial charge in [-0.05, 0) is 43.5 Å². The third kappa shape index (κ3) is 6.19. The highest BCUT2D eigenvalue weighted by molar-refractivity contribution is 6.31. The van der Waals surface area contributed by atoms with E-state index in [-0.39, 0.29) is 66.5 Å².